The Morgan fingerprint density at radius 2 is 1.81 bits per heavy atom. The number of carboxylic acid groups (broad SMARTS) is 1. The van der Waals surface area contributed by atoms with E-state index in [0.29, 0.717) is 5.76 Å². The smallest absolute Gasteiger partial charge is 0.305 e. The molecule has 26 heavy (non-hydrogen) atoms. The summed E-state index contributed by atoms with van der Waals surface area (Å²) in [6.45, 7) is 1.87. The van der Waals surface area contributed by atoms with E-state index in [2.05, 4.69) is 10.5 Å². The van der Waals surface area contributed by atoms with Crippen LogP contribution in [0.4, 0.5) is 0 Å². The maximum absolute atomic E-state index is 12.5. The number of benzene rings is 2. The lowest BCUT2D eigenvalue weighted by atomic mass is 9.98. The molecular weight excluding hydrogens is 332 g/mol. The van der Waals surface area contributed by atoms with E-state index >= 15 is 0 Å². The molecule has 1 heterocycles. The number of hydrogen-bond donors (Lipinski definition) is 2. The van der Waals surface area contributed by atoms with Gasteiger partial charge in [0, 0.05) is 11.6 Å². The van der Waals surface area contributed by atoms with Crippen LogP contribution in [0.15, 0.2) is 65.2 Å². The summed E-state index contributed by atoms with van der Waals surface area (Å²) in [5, 5.41) is 15.7. The summed E-state index contributed by atoms with van der Waals surface area (Å²) >= 11 is 0. The van der Waals surface area contributed by atoms with Gasteiger partial charge in [0.2, 0.25) is 0 Å². The number of carbonyl (C=O) groups is 2. The zero-order valence-corrected chi connectivity index (χ0v) is 14.2. The van der Waals surface area contributed by atoms with Crippen LogP contribution in [-0.2, 0) is 4.79 Å². The number of nitrogens with one attached hydrogen (secondary N) is 1. The molecule has 1 amide bonds. The first-order chi connectivity index (χ1) is 12.5. The Bertz CT molecular complexity index is 918. The highest BCUT2D eigenvalue weighted by atomic mass is 16.5. The number of aromatic nitrogens is 1. The van der Waals surface area contributed by atoms with E-state index < -0.39 is 17.9 Å². The number of aryl methyl sites for hydroxylation is 1. The molecule has 3 rings (SSSR count). The fourth-order valence-electron chi connectivity index (χ4n) is 2.74. The Morgan fingerprint density at radius 3 is 2.50 bits per heavy atom. The number of carboxylic acids is 1. The molecule has 0 aliphatic heterocycles. The van der Waals surface area contributed by atoms with Gasteiger partial charge in [-0.1, -0.05) is 59.8 Å². The van der Waals surface area contributed by atoms with Crippen LogP contribution in [-0.4, -0.2) is 22.1 Å². The molecule has 2 N–H and O–H groups in total. The first-order valence-electron chi connectivity index (χ1n) is 8.15. The summed E-state index contributed by atoms with van der Waals surface area (Å²) in [4.78, 5) is 23.8. The van der Waals surface area contributed by atoms with Crippen molar-refractivity contribution in [3.8, 4) is 11.3 Å². The van der Waals surface area contributed by atoms with Gasteiger partial charge in [-0.05, 0) is 18.1 Å². The fraction of sp³-hybridized carbons (Fsp3) is 0.150. The van der Waals surface area contributed by atoms with Gasteiger partial charge in [-0.25, -0.2) is 0 Å². The normalized spacial score (nSPS) is 11.7. The summed E-state index contributed by atoms with van der Waals surface area (Å²) in [6.07, 6.45) is -0.222. The van der Waals surface area contributed by atoms with E-state index in [1.807, 2.05) is 55.5 Å². The number of rotatable bonds is 6. The molecule has 1 unspecified atom stereocenters. The number of hydrogen-bond acceptors (Lipinski definition) is 4. The summed E-state index contributed by atoms with van der Waals surface area (Å²) in [7, 11) is 0. The van der Waals surface area contributed by atoms with Crippen LogP contribution in [0.3, 0.4) is 0 Å². The van der Waals surface area contributed by atoms with Gasteiger partial charge in [-0.2, -0.15) is 0 Å². The zero-order chi connectivity index (χ0) is 18.5. The third kappa shape index (κ3) is 3.97. The monoisotopic (exact) mass is 350 g/mol. The zero-order valence-electron chi connectivity index (χ0n) is 14.2. The second-order valence-electron chi connectivity index (χ2n) is 5.92. The summed E-state index contributed by atoms with van der Waals surface area (Å²) < 4.78 is 5.24. The van der Waals surface area contributed by atoms with Gasteiger partial charge in [0.1, 0.15) is 0 Å². The minimum Gasteiger partial charge on any atom is -0.481 e. The molecule has 2 aromatic carbocycles. The van der Waals surface area contributed by atoms with E-state index in [0.717, 1.165) is 16.7 Å². The van der Waals surface area contributed by atoms with Gasteiger partial charge in [-0.15, -0.1) is 0 Å². The fourth-order valence-corrected chi connectivity index (χ4v) is 2.74. The molecule has 1 aromatic heterocycles. The van der Waals surface area contributed by atoms with Crippen LogP contribution in [0.2, 0.25) is 0 Å². The maximum atomic E-state index is 12.5. The Morgan fingerprint density at radius 1 is 1.12 bits per heavy atom. The Kier molecular flexibility index (Phi) is 5.12. The number of amides is 1. The molecule has 1 atom stereocenters. The molecule has 0 radical (unpaired) electrons. The van der Waals surface area contributed by atoms with E-state index in [1.54, 1.807) is 12.1 Å². The first-order valence-corrected chi connectivity index (χ1v) is 8.15. The third-order valence-electron chi connectivity index (χ3n) is 4.05. The second-order valence-corrected chi connectivity index (χ2v) is 5.92. The van der Waals surface area contributed by atoms with Gasteiger partial charge in [-0.3, -0.25) is 9.59 Å². The number of nitrogens with zero attached hydrogens (tertiary/aromatic N) is 1. The molecule has 0 aliphatic carbocycles. The molecule has 132 valence electrons. The lowest BCUT2D eigenvalue weighted by Crippen LogP contribution is -2.30. The third-order valence-corrected chi connectivity index (χ3v) is 4.05. The van der Waals surface area contributed by atoms with E-state index in [4.69, 9.17) is 4.52 Å². The van der Waals surface area contributed by atoms with Crippen molar-refractivity contribution >= 4 is 11.9 Å². The van der Waals surface area contributed by atoms with Crippen molar-refractivity contribution in [2.45, 2.75) is 19.4 Å². The van der Waals surface area contributed by atoms with Crippen molar-refractivity contribution in [1.29, 1.82) is 0 Å². The van der Waals surface area contributed by atoms with Gasteiger partial charge < -0.3 is 14.9 Å². The molecule has 3 aromatic rings. The predicted molar refractivity (Wildman–Crippen MR) is 95.6 cm³/mol. The average molecular weight is 350 g/mol. The van der Waals surface area contributed by atoms with Crippen molar-refractivity contribution in [3.05, 3.63) is 77.5 Å². The minimum atomic E-state index is -0.997. The molecule has 6 nitrogen and oxygen atoms in total. The van der Waals surface area contributed by atoms with Crippen molar-refractivity contribution in [2.75, 3.05) is 0 Å². The van der Waals surface area contributed by atoms with Gasteiger partial charge in [0.15, 0.2) is 11.5 Å². The van der Waals surface area contributed by atoms with Gasteiger partial charge in [0.25, 0.3) is 5.91 Å². The van der Waals surface area contributed by atoms with Crippen LogP contribution in [0.25, 0.3) is 11.3 Å². The predicted octanol–water partition coefficient (Wildman–Crippen LogP) is 3.60. The van der Waals surface area contributed by atoms with Crippen molar-refractivity contribution in [2.24, 2.45) is 0 Å². The van der Waals surface area contributed by atoms with Crippen LogP contribution < -0.4 is 5.32 Å². The Balaban J connectivity index is 1.81. The highest BCUT2D eigenvalue weighted by Gasteiger charge is 2.22. The summed E-state index contributed by atoms with van der Waals surface area (Å²) in [6, 6.07) is 17.5. The van der Waals surface area contributed by atoms with E-state index in [-0.39, 0.29) is 12.1 Å². The lowest BCUT2D eigenvalue weighted by Gasteiger charge is -2.18. The van der Waals surface area contributed by atoms with Crippen LogP contribution in [0, 0.1) is 6.92 Å². The van der Waals surface area contributed by atoms with E-state index in [9.17, 15) is 14.7 Å². The molecule has 0 saturated heterocycles. The Labute approximate surface area is 150 Å². The Hall–Kier alpha value is -3.41. The highest BCUT2D eigenvalue weighted by molar-refractivity contribution is 5.93. The van der Waals surface area contributed by atoms with E-state index in [1.165, 1.54) is 0 Å². The number of aliphatic carboxylic acids is 1. The molecule has 0 spiro atoms. The minimum absolute atomic E-state index is 0.104. The van der Waals surface area contributed by atoms with Crippen LogP contribution in [0.1, 0.15) is 34.1 Å². The molecule has 0 fully saturated rings. The molecule has 0 saturated carbocycles. The van der Waals surface area contributed by atoms with Crippen molar-refractivity contribution in [1.82, 2.24) is 10.5 Å². The molecule has 0 bridgehead atoms. The largest absolute Gasteiger partial charge is 0.481 e. The lowest BCUT2D eigenvalue weighted by molar-refractivity contribution is -0.137. The topological polar surface area (TPSA) is 92.4 Å². The highest BCUT2D eigenvalue weighted by Crippen LogP contribution is 2.23. The van der Waals surface area contributed by atoms with Crippen LogP contribution >= 0.6 is 0 Å². The SMILES string of the molecule is Cc1ccccc1C(CC(=O)O)NC(=O)c1cc(-c2ccccc2)on1. The van der Waals surface area contributed by atoms with Crippen LogP contribution in [0.5, 0.6) is 0 Å². The molecule has 6 heteroatoms. The van der Waals surface area contributed by atoms with Gasteiger partial charge in [0.05, 0.1) is 12.5 Å². The van der Waals surface area contributed by atoms with Crippen molar-refractivity contribution < 1.29 is 19.2 Å². The molecular formula is C20H18N2O4. The quantitative estimate of drug-likeness (QED) is 0.709. The van der Waals surface area contributed by atoms with Crippen molar-refractivity contribution in [3.63, 3.8) is 0 Å². The summed E-state index contributed by atoms with van der Waals surface area (Å²) in [5.41, 5.74) is 2.58. The standard InChI is InChI=1S/C20H18N2O4/c1-13-7-5-6-10-15(13)16(12-19(23)24)21-20(25)17-11-18(26-22-17)14-8-3-2-4-9-14/h2-11,16H,12H2,1H3,(H,21,25)(H,23,24). The van der Waals surface area contributed by atoms with Gasteiger partial charge >= 0.3 is 5.97 Å². The molecule has 0 aliphatic rings. The second kappa shape index (κ2) is 7.65. The first kappa shape index (κ1) is 17.4. The average Bonchev–Trinajstić information content (AvgIpc) is 3.12. The number of carbonyl (C=O) groups excluding carboxylic acids is 1. The summed E-state index contributed by atoms with van der Waals surface area (Å²) in [5.74, 6) is -1.00. The maximum Gasteiger partial charge on any atom is 0.305 e.